The summed E-state index contributed by atoms with van der Waals surface area (Å²) in [5.74, 6) is -0.552. The highest BCUT2D eigenvalue weighted by Gasteiger charge is 2.37. The third-order valence-electron chi connectivity index (χ3n) is 2.21. The van der Waals surface area contributed by atoms with Crippen molar-refractivity contribution < 1.29 is 14.3 Å². The normalized spacial score (nSPS) is 15.0. The first-order chi connectivity index (χ1) is 5.49. The second kappa shape index (κ2) is 4.24. The van der Waals surface area contributed by atoms with Crippen molar-refractivity contribution in [1.29, 1.82) is 0 Å². The van der Waals surface area contributed by atoms with Crippen LogP contribution < -0.4 is 0 Å². The molecule has 0 rings (SSSR count). The van der Waals surface area contributed by atoms with Gasteiger partial charge in [-0.05, 0) is 27.2 Å². The molecule has 0 unspecified atom stereocenters. The average Bonchev–Trinajstić information content (AvgIpc) is 2.03. The predicted molar refractivity (Wildman–Crippen MR) is 45.7 cm³/mol. The zero-order valence-corrected chi connectivity index (χ0v) is 8.14. The summed E-state index contributed by atoms with van der Waals surface area (Å²) in [6.45, 7) is 6.89. The minimum Gasteiger partial charge on any atom is -0.465 e. The van der Waals surface area contributed by atoms with Crippen molar-refractivity contribution in [2.24, 2.45) is 5.41 Å². The van der Waals surface area contributed by atoms with Crippen molar-refractivity contribution in [2.75, 3.05) is 6.61 Å². The number of carbonyl (C=O) groups excluding carboxylic acids is 2. The Bertz CT molecular complexity index is 186. The Morgan fingerprint density at radius 2 is 1.83 bits per heavy atom. The molecule has 0 aliphatic heterocycles. The van der Waals surface area contributed by atoms with Crippen molar-refractivity contribution in [2.45, 2.75) is 34.1 Å². The molecule has 0 aromatic heterocycles. The van der Waals surface area contributed by atoms with E-state index in [1.807, 2.05) is 0 Å². The largest absolute Gasteiger partial charge is 0.465 e. The van der Waals surface area contributed by atoms with E-state index in [4.69, 9.17) is 4.74 Å². The fourth-order valence-corrected chi connectivity index (χ4v) is 0.827. The molecule has 0 radical (unpaired) electrons. The Labute approximate surface area is 73.1 Å². The Morgan fingerprint density at radius 1 is 1.33 bits per heavy atom. The lowest BCUT2D eigenvalue weighted by Crippen LogP contribution is -2.35. The van der Waals surface area contributed by atoms with Gasteiger partial charge in [0.05, 0.1) is 6.61 Å². The van der Waals surface area contributed by atoms with Gasteiger partial charge in [-0.25, -0.2) is 0 Å². The number of esters is 1. The average molecular weight is 172 g/mol. The third kappa shape index (κ3) is 2.06. The molecule has 0 aromatic rings. The van der Waals surface area contributed by atoms with Crippen LogP contribution in [0.25, 0.3) is 0 Å². The summed E-state index contributed by atoms with van der Waals surface area (Å²) in [5, 5.41) is 0. The summed E-state index contributed by atoms with van der Waals surface area (Å²) in [6, 6.07) is 0. The molecule has 0 N–H and O–H groups in total. The Kier molecular flexibility index (Phi) is 3.93. The Balaban J connectivity index is 4.52. The van der Waals surface area contributed by atoms with Gasteiger partial charge in [-0.3, -0.25) is 9.59 Å². The summed E-state index contributed by atoms with van der Waals surface area (Å²) in [7, 11) is 0. The van der Waals surface area contributed by atoms with Crippen LogP contribution in [0.1, 0.15) is 34.1 Å². The van der Waals surface area contributed by atoms with Gasteiger partial charge in [0, 0.05) is 0 Å². The van der Waals surface area contributed by atoms with E-state index in [0.717, 1.165) is 0 Å². The van der Waals surface area contributed by atoms with Crippen molar-refractivity contribution in [3.8, 4) is 0 Å². The van der Waals surface area contributed by atoms with Gasteiger partial charge in [-0.1, -0.05) is 6.92 Å². The van der Waals surface area contributed by atoms with Crippen LogP contribution >= 0.6 is 0 Å². The summed E-state index contributed by atoms with van der Waals surface area (Å²) in [4.78, 5) is 22.4. The SMILES string of the molecule is CCOC(=O)[C@@](C)(CC)C(C)=O. The van der Waals surface area contributed by atoms with Crippen molar-refractivity contribution in [1.82, 2.24) is 0 Å². The highest BCUT2D eigenvalue weighted by atomic mass is 16.5. The topological polar surface area (TPSA) is 43.4 Å². The van der Waals surface area contributed by atoms with E-state index in [9.17, 15) is 9.59 Å². The maximum Gasteiger partial charge on any atom is 0.319 e. The lowest BCUT2D eigenvalue weighted by atomic mass is 9.84. The molecule has 12 heavy (non-hydrogen) atoms. The van der Waals surface area contributed by atoms with Crippen LogP contribution in [-0.2, 0) is 14.3 Å². The maximum absolute atomic E-state index is 11.3. The number of Topliss-reactive ketones (excluding diaryl/α,β-unsaturated/α-hetero) is 1. The van der Waals surface area contributed by atoms with Gasteiger partial charge in [0.25, 0.3) is 0 Å². The first-order valence-corrected chi connectivity index (χ1v) is 4.17. The highest BCUT2D eigenvalue weighted by molar-refractivity contribution is 6.02. The smallest absolute Gasteiger partial charge is 0.319 e. The summed E-state index contributed by atoms with van der Waals surface area (Å²) in [6.07, 6.45) is 0.487. The van der Waals surface area contributed by atoms with Crippen LogP contribution in [0.2, 0.25) is 0 Å². The molecule has 1 atom stereocenters. The Hall–Kier alpha value is -0.860. The maximum atomic E-state index is 11.3. The molecule has 0 saturated carbocycles. The van der Waals surface area contributed by atoms with Crippen LogP contribution in [0.15, 0.2) is 0 Å². The molecule has 0 heterocycles. The molecular formula is C9H16O3. The van der Waals surface area contributed by atoms with E-state index in [-0.39, 0.29) is 5.78 Å². The standard InChI is InChI=1S/C9H16O3/c1-5-9(4,7(3)10)8(11)12-6-2/h5-6H2,1-4H3/t9-/m0/s1. The monoisotopic (exact) mass is 172 g/mol. The summed E-state index contributed by atoms with van der Waals surface area (Å²) >= 11 is 0. The van der Waals surface area contributed by atoms with Crippen LogP contribution in [0, 0.1) is 5.41 Å². The lowest BCUT2D eigenvalue weighted by Gasteiger charge is -2.21. The zero-order valence-electron chi connectivity index (χ0n) is 8.14. The van der Waals surface area contributed by atoms with Gasteiger partial charge in [-0.2, -0.15) is 0 Å². The zero-order chi connectivity index (χ0) is 9.78. The molecule has 0 bridgehead atoms. The quantitative estimate of drug-likeness (QED) is 0.477. The summed E-state index contributed by atoms with van der Waals surface area (Å²) < 4.78 is 4.80. The number of hydrogen-bond donors (Lipinski definition) is 0. The van der Waals surface area contributed by atoms with E-state index in [2.05, 4.69) is 0 Å². The lowest BCUT2D eigenvalue weighted by molar-refractivity contribution is -0.158. The number of rotatable bonds is 4. The highest BCUT2D eigenvalue weighted by Crippen LogP contribution is 2.23. The van der Waals surface area contributed by atoms with E-state index in [1.165, 1.54) is 6.92 Å². The van der Waals surface area contributed by atoms with E-state index in [0.29, 0.717) is 13.0 Å². The fourth-order valence-electron chi connectivity index (χ4n) is 0.827. The fraction of sp³-hybridized carbons (Fsp3) is 0.778. The van der Waals surface area contributed by atoms with Crippen molar-refractivity contribution in [3.05, 3.63) is 0 Å². The van der Waals surface area contributed by atoms with Gasteiger partial charge in [-0.15, -0.1) is 0 Å². The van der Waals surface area contributed by atoms with Gasteiger partial charge in [0.2, 0.25) is 0 Å². The van der Waals surface area contributed by atoms with E-state index >= 15 is 0 Å². The van der Waals surface area contributed by atoms with Crippen LogP contribution in [-0.4, -0.2) is 18.4 Å². The van der Waals surface area contributed by atoms with E-state index in [1.54, 1.807) is 20.8 Å². The second-order valence-electron chi connectivity index (χ2n) is 2.96. The molecule has 70 valence electrons. The van der Waals surface area contributed by atoms with Gasteiger partial charge in [0.1, 0.15) is 11.2 Å². The van der Waals surface area contributed by atoms with E-state index < -0.39 is 11.4 Å². The van der Waals surface area contributed by atoms with Crippen LogP contribution in [0.4, 0.5) is 0 Å². The second-order valence-corrected chi connectivity index (χ2v) is 2.96. The van der Waals surface area contributed by atoms with Crippen molar-refractivity contribution >= 4 is 11.8 Å². The molecule has 0 aromatic carbocycles. The number of ether oxygens (including phenoxy) is 1. The number of hydrogen-bond acceptors (Lipinski definition) is 3. The molecule has 0 spiro atoms. The molecule has 3 nitrogen and oxygen atoms in total. The Morgan fingerprint density at radius 3 is 2.08 bits per heavy atom. The molecule has 0 saturated heterocycles. The van der Waals surface area contributed by atoms with Gasteiger partial charge < -0.3 is 4.74 Å². The first kappa shape index (κ1) is 11.1. The molecule has 3 heteroatoms. The van der Waals surface area contributed by atoms with Crippen LogP contribution in [0.5, 0.6) is 0 Å². The minimum atomic E-state index is -0.948. The predicted octanol–water partition coefficient (Wildman–Crippen LogP) is 1.55. The molecule has 0 fully saturated rings. The third-order valence-corrected chi connectivity index (χ3v) is 2.21. The van der Waals surface area contributed by atoms with Gasteiger partial charge >= 0.3 is 5.97 Å². The van der Waals surface area contributed by atoms with Crippen molar-refractivity contribution in [3.63, 3.8) is 0 Å². The van der Waals surface area contributed by atoms with Gasteiger partial charge in [0.15, 0.2) is 0 Å². The summed E-state index contributed by atoms with van der Waals surface area (Å²) in [5.41, 5.74) is -0.948. The molecule has 0 aliphatic rings. The first-order valence-electron chi connectivity index (χ1n) is 4.17. The molecule has 0 amide bonds. The minimum absolute atomic E-state index is 0.136. The molecule has 0 aliphatic carbocycles. The number of carbonyl (C=O) groups is 2. The van der Waals surface area contributed by atoms with Crippen LogP contribution in [0.3, 0.4) is 0 Å². The molecular weight excluding hydrogens is 156 g/mol. The number of ketones is 1.